The highest BCUT2D eigenvalue weighted by Gasteiger charge is 2.11. The molecule has 3 nitrogen and oxygen atoms in total. The van der Waals surface area contributed by atoms with E-state index in [4.69, 9.17) is 10.5 Å². The molecule has 1 atom stereocenters. The van der Waals surface area contributed by atoms with Crippen molar-refractivity contribution in [3.63, 3.8) is 0 Å². The molecule has 20 heavy (non-hydrogen) atoms. The summed E-state index contributed by atoms with van der Waals surface area (Å²) in [6.45, 7) is 0. The van der Waals surface area contributed by atoms with Crippen LogP contribution in [0, 0.1) is 0 Å². The van der Waals surface area contributed by atoms with E-state index < -0.39 is 0 Å². The van der Waals surface area contributed by atoms with Crippen molar-refractivity contribution in [2.45, 2.75) is 18.9 Å². The Morgan fingerprint density at radius 2 is 1.80 bits per heavy atom. The van der Waals surface area contributed by atoms with Gasteiger partial charge >= 0.3 is 0 Å². The number of aromatic hydroxyl groups is 1. The molecule has 0 amide bonds. The van der Waals surface area contributed by atoms with Gasteiger partial charge in [-0.1, -0.05) is 30.3 Å². The molecule has 106 valence electrons. The Morgan fingerprint density at radius 1 is 1.15 bits per heavy atom. The minimum absolute atomic E-state index is 0.0264. The predicted molar refractivity (Wildman–Crippen MR) is 84.2 cm³/mol. The molecule has 2 aromatic rings. The van der Waals surface area contributed by atoms with Crippen LogP contribution in [0.2, 0.25) is 0 Å². The van der Waals surface area contributed by atoms with E-state index in [1.807, 2.05) is 30.3 Å². The summed E-state index contributed by atoms with van der Waals surface area (Å²) in [4.78, 5) is 0. The average Bonchev–Trinajstić information content (AvgIpc) is 2.43. The van der Waals surface area contributed by atoms with Crippen LogP contribution >= 0.6 is 15.9 Å². The number of rotatable bonds is 5. The van der Waals surface area contributed by atoms with E-state index in [0.29, 0.717) is 10.2 Å². The van der Waals surface area contributed by atoms with Crippen LogP contribution in [0.4, 0.5) is 0 Å². The molecule has 0 radical (unpaired) electrons. The number of nitrogens with two attached hydrogens (primary N) is 1. The van der Waals surface area contributed by atoms with Gasteiger partial charge in [0, 0.05) is 6.04 Å². The molecule has 0 saturated heterocycles. The summed E-state index contributed by atoms with van der Waals surface area (Å²) in [7, 11) is 1.54. The molecule has 0 aliphatic carbocycles. The largest absolute Gasteiger partial charge is 0.503 e. The fraction of sp³-hybridized carbons (Fsp3) is 0.250. The SMILES string of the molecule is COc1cc(CC(N)Cc2ccccc2)cc(Br)c1O. The summed E-state index contributed by atoms with van der Waals surface area (Å²) in [6.07, 6.45) is 1.55. The van der Waals surface area contributed by atoms with Crippen molar-refractivity contribution in [2.75, 3.05) is 7.11 Å². The molecule has 0 spiro atoms. The van der Waals surface area contributed by atoms with Crippen molar-refractivity contribution in [1.82, 2.24) is 0 Å². The highest BCUT2D eigenvalue weighted by atomic mass is 79.9. The second kappa shape index (κ2) is 6.77. The highest BCUT2D eigenvalue weighted by Crippen LogP contribution is 2.35. The highest BCUT2D eigenvalue weighted by molar-refractivity contribution is 9.10. The number of phenols is 1. The summed E-state index contributed by atoms with van der Waals surface area (Å²) < 4.78 is 5.77. The maximum atomic E-state index is 9.79. The third-order valence-corrected chi connectivity index (χ3v) is 3.75. The van der Waals surface area contributed by atoms with Crippen molar-refractivity contribution < 1.29 is 9.84 Å². The molecule has 2 aromatic carbocycles. The first-order valence-electron chi connectivity index (χ1n) is 6.45. The quantitative estimate of drug-likeness (QED) is 0.881. The van der Waals surface area contributed by atoms with Gasteiger partial charge in [-0.05, 0) is 52.0 Å². The summed E-state index contributed by atoms with van der Waals surface area (Å²) >= 11 is 3.32. The lowest BCUT2D eigenvalue weighted by molar-refractivity contribution is 0.371. The van der Waals surface area contributed by atoms with Crippen LogP contribution in [0.1, 0.15) is 11.1 Å². The predicted octanol–water partition coefficient (Wildman–Crippen LogP) is 3.28. The van der Waals surface area contributed by atoms with Crippen LogP contribution in [0.25, 0.3) is 0 Å². The maximum absolute atomic E-state index is 9.79. The van der Waals surface area contributed by atoms with Crippen molar-refractivity contribution in [3.05, 3.63) is 58.1 Å². The first-order valence-corrected chi connectivity index (χ1v) is 7.24. The Hall–Kier alpha value is -1.52. The molecule has 0 saturated carbocycles. The first-order chi connectivity index (χ1) is 9.60. The fourth-order valence-corrected chi connectivity index (χ4v) is 2.68. The smallest absolute Gasteiger partial charge is 0.172 e. The van der Waals surface area contributed by atoms with Gasteiger partial charge in [0.2, 0.25) is 0 Å². The lowest BCUT2D eigenvalue weighted by Crippen LogP contribution is -2.25. The molecule has 3 N–H and O–H groups in total. The maximum Gasteiger partial charge on any atom is 0.172 e. The molecule has 0 bridgehead atoms. The monoisotopic (exact) mass is 335 g/mol. The zero-order valence-electron chi connectivity index (χ0n) is 11.3. The van der Waals surface area contributed by atoms with Crippen molar-refractivity contribution >= 4 is 15.9 Å². The van der Waals surface area contributed by atoms with E-state index in [1.165, 1.54) is 12.7 Å². The molecule has 0 aromatic heterocycles. The zero-order valence-corrected chi connectivity index (χ0v) is 12.9. The molecule has 1 unspecified atom stereocenters. The molecule has 0 fully saturated rings. The topological polar surface area (TPSA) is 55.5 Å². The second-order valence-corrected chi connectivity index (χ2v) is 5.64. The summed E-state index contributed by atoms with van der Waals surface area (Å²) in [5, 5.41) is 9.79. The van der Waals surface area contributed by atoms with Crippen LogP contribution < -0.4 is 10.5 Å². The molecule has 2 rings (SSSR count). The lowest BCUT2D eigenvalue weighted by Gasteiger charge is -2.14. The summed E-state index contributed by atoms with van der Waals surface area (Å²) in [5.74, 6) is 0.578. The normalized spacial score (nSPS) is 12.2. The molecule has 0 heterocycles. The van der Waals surface area contributed by atoms with E-state index in [-0.39, 0.29) is 11.8 Å². The van der Waals surface area contributed by atoms with Gasteiger partial charge in [0.25, 0.3) is 0 Å². The van der Waals surface area contributed by atoms with Gasteiger partial charge in [0.1, 0.15) is 0 Å². The van der Waals surface area contributed by atoms with Crippen LogP contribution in [-0.4, -0.2) is 18.3 Å². The van der Waals surface area contributed by atoms with E-state index in [2.05, 4.69) is 28.1 Å². The second-order valence-electron chi connectivity index (χ2n) is 4.78. The number of hydrogen-bond acceptors (Lipinski definition) is 3. The number of methoxy groups -OCH3 is 1. The van der Waals surface area contributed by atoms with Gasteiger partial charge < -0.3 is 15.6 Å². The van der Waals surface area contributed by atoms with Gasteiger partial charge in [0.15, 0.2) is 11.5 Å². The number of benzene rings is 2. The number of halogens is 1. The van der Waals surface area contributed by atoms with Gasteiger partial charge in [0.05, 0.1) is 11.6 Å². The Labute approximate surface area is 127 Å². The van der Waals surface area contributed by atoms with E-state index in [9.17, 15) is 5.11 Å². The minimum atomic E-state index is 0.0264. The van der Waals surface area contributed by atoms with Crippen LogP contribution in [0.15, 0.2) is 46.9 Å². The Balaban J connectivity index is 2.08. The lowest BCUT2D eigenvalue weighted by atomic mass is 9.99. The van der Waals surface area contributed by atoms with Gasteiger partial charge in [-0.15, -0.1) is 0 Å². The zero-order chi connectivity index (χ0) is 14.5. The third kappa shape index (κ3) is 3.74. The summed E-state index contributed by atoms with van der Waals surface area (Å²) in [6, 6.07) is 13.9. The number of ether oxygens (including phenoxy) is 1. The van der Waals surface area contributed by atoms with Crippen LogP contribution in [0.3, 0.4) is 0 Å². The van der Waals surface area contributed by atoms with Gasteiger partial charge in [-0.2, -0.15) is 0 Å². The standard InChI is InChI=1S/C16H18BrNO2/c1-20-15-10-12(9-14(17)16(15)19)8-13(18)7-11-5-3-2-4-6-11/h2-6,9-10,13,19H,7-8,18H2,1H3. The van der Waals surface area contributed by atoms with E-state index >= 15 is 0 Å². The minimum Gasteiger partial charge on any atom is -0.503 e. The number of hydrogen-bond donors (Lipinski definition) is 2. The average molecular weight is 336 g/mol. The summed E-state index contributed by atoms with van der Waals surface area (Å²) in [5.41, 5.74) is 8.46. The molecule has 0 aliphatic heterocycles. The van der Waals surface area contributed by atoms with E-state index in [0.717, 1.165) is 18.4 Å². The van der Waals surface area contributed by atoms with Crippen molar-refractivity contribution in [2.24, 2.45) is 5.73 Å². The van der Waals surface area contributed by atoms with Crippen LogP contribution in [0.5, 0.6) is 11.5 Å². The first kappa shape index (κ1) is 14.9. The Bertz CT molecular complexity index is 572. The van der Waals surface area contributed by atoms with Gasteiger partial charge in [-0.3, -0.25) is 0 Å². The van der Waals surface area contributed by atoms with Gasteiger partial charge in [-0.25, -0.2) is 0 Å². The molecule has 4 heteroatoms. The van der Waals surface area contributed by atoms with Crippen LogP contribution in [-0.2, 0) is 12.8 Å². The Kier molecular flexibility index (Phi) is 5.04. The fourth-order valence-electron chi connectivity index (χ4n) is 2.19. The Morgan fingerprint density at radius 3 is 2.45 bits per heavy atom. The van der Waals surface area contributed by atoms with Crippen molar-refractivity contribution in [3.8, 4) is 11.5 Å². The molecule has 0 aliphatic rings. The molecular weight excluding hydrogens is 318 g/mol. The molecular formula is C16H18BrNO2. The third-order valence-electron chi connectivity index (χ3n) is 3.15. The van der Waals surface area contributed by atoms with Crippen molar-refractivity contribution in [1.29, 1.82) is 0 Å². The number of phenolic OH excluding ortho intramolecular Hbond substituents is 1. The van der Waals surface area contributed by atoms with E-state index in [1.54, 1.807) is 0 Å².